The topological polar surface area (TPSA) is 304 Å². The number of anilines is 3. The van der Waals surface area contributed by atoms with E-state index in [-0.39, 0.29) is 67.7 Å². The van der Waals surface area contributed by atoms with Crippen LogP contribution < -0.4 is 43.1 Å². The number of ketones is 3. The molecule has 6 unspecified atom stereocenters. The van der Waals surface area contributed by atoms with Crippen LogP contribution in [0.15, 0.2) is 199 Å². The second kappa shape index (κ2) is 31.4. The van der Waals surface area contributed by atoms with Crippen molar-refractivity contribution in [2.45, 2.75) is 83.4 Å². The Bertz CT molecular complexity index is 5520. The van der Waals surface area contributed by atoms with Gasteiger partial charge in [0.05, 0.1) is 86.8 Å². The number of aliphatic hydroxyl groups excluding tert-OH is 3. The fourth-order valence-corrected chi connectivity index (χ4v) is 17.6. The molecule has 6 atom stereocenters. The zero-order valence-electron chi connectivity index (χ0n) is 62.0. The first-order valence-corrected chi connectivity index (χ1v) is 38.3. The van der Waals surface area contributed by atoms with Crippen molar-refractivity contribution < 1.29 is 95.6 Å². The maximum atomic E-state index is 13.8. The Morgan fingerprint density at radius 3 is 0.887 bits per heavy atom. The Balaban J connectivity index is 0.000000132. The van der Waals surface area contributed by atoms with Gasteiger partial charge in [-0.3, -0.25) is 48.3 Å². The lowest BCUT2D eigenvalue weighted by molar-refractivity contribution is -0.134. The summed E-state index contributed by atoms with van der Waals surface area (Å²) >= 11 is 3.67. The lowest BCUT2D eigenvalue weighted by Gasteiger charge is -2.23. The molecule has 18 rings (SSSR count). The first-order valence-electron chi connectivity index (χ1n) is 35.9. The van der Waals surface area contributed by atoms with Gasteiger partial charge in [-0.2, -0.15) is 0 Å². The third-order valence-electron chi connectivity index (χ3n) is 19.8. The van der Waals surface area contributed by atoms with Gasteiger partial charge in [-0.25, -0.2) is 28.1 Å². The van der Waals surface area contributed by atoms with E-state index in [4.69, 9.17) is 38.3 Å². The Hall–Kier alpha value is -13.3. The third-order valence-corrected chi connectivity index (χ3v) is 22.8. The fourth-order valence-electron chi connectivity index (χ4n) is 14.5. The van der Waals surface area contributed by atoms with Crippen molar-refractivity contribution in [3.05, 3.63) is 266 Å². The molecule has 0 radical (unpaired) electrons. The predicted octanol–water partition coefficient (Wildman–Crippen LogP) is 16.3. The number of methoxy groups -OCH3 is 3. The number of amides is 3. The largest absolute Gasteiger partial charge is 0.507 e. The van der Waals surface area contributed by atoms with Crippen LogP contribution in [0.2, 0.25) is 0 Å². The average molecular weight is 1610 g/mol. The Morgan fingerprint density at radius 1 is 0.391 bits per heavy atom. The standard InChI is InChI=1S/3C28H21FN2O5S.C2H4O2/c3*1-14-11-17-12-16(5-10-21(17)36-14)25(32)23-24(15-3-6-18(29)7-4-15)31(27(34)26(23)33)28-30-20-9-8-19(35-2)13-22(20)37-28;1-2(3)4/h3*3-10,12-14,24,32H,11H2,1-2H3;1H3,(H,3,4). The summed E-state index contributed by atoms with van der Waals surface area (Å²) in [5.74, 6) is -4.02. The number of carbonyl (C=O) groups is 7. The number of carboxylic acids is 1. The van der Waals surface area contributed by atoms with Crippen LogP contribution in [0.5, 0.6) is 34.5 Å². The van der Waals surface area contributed by atoms with Gasteiger partial charge >= 0.3 is 17.7 Å². The van der Waals surface area contributed by atoms with Crippen molar-refractivity contribution in [2.24, 2.45) is 0 Å². The van der Waals surface area contributed by atoms with E-state index in [0.29, 0.717) is 86.4 Å². The Morgan fingerprint density at radius 2 is 0.643 bits per heavy atom. The number of fused-ring (bicyclic) bond motifs is 6. The number of aliphatic hydroxyl groups is 3. The van der Waals surface area contributed by atoms with Gasteiger partial charge in [0.2, 0.25) is 0 Å². The van der Waals surface area contributed by atoms with E-state index in [1.807, 2.05) is 20.8 Å². The maximum Gasteiger partial charge on any atom is 0.301 e. The minimum Gasteiger partial charge on any atom is -0.507 e. The molecule has 115 heavy (non-hydrogen) atoms. The first kappa shape index (κ1) is 77.1. The van der Waals surface area contributed by atoms with E-state index < -0.39 is 76.6 Å². The number of rotatable bonds is 12. The number of aromatic nitrogens is 3. The number of carbonyl (C=O) groups excluding carboxylic acids is 6. The number of Topliss-reactive ketones (excluding diaryl/α,β-unsaturated/α-hetero) is 3. The normalized spacial score (nSPS) is 19.9. The molecular weight excluding hydrogens is 1540 g/mol. The van der Waals surface area contributed by atoms with E-state index in [2.05, 4.69) is 15.0 Å². The van der Waals surface area contributed by atoms with Gasteiger partial charge in [0, 0.05) is 42.9 Å². The van der Waals surface area contributed by atoms with Gasteiger partial charge in [0.15, 0.2) is 15.4 Å². The van der Waals surface area contributed by atoms with Crippen LogP contribution in [0.3, 0.4) is 0 Å². The molecule has 0 bridgehead atoms. The number of nitrogens with zero attached hydrogens (tertiary/aromatic N) is 6. The molecule has 0 spiro atoms. The molecule has 3 saturated heterocycles. The van der Waals surface area contributed by atoms with Crippen LogP contribution in [0.25, 0.3) is 47.9 Å². The van der Waals surface area contributed by atoms with Crippen molar-refractivity contribution in [3.63, 3.8) is 0 Å². The molecule has 3 aromatic heterocycles. The van der Waals surface area contributed by atoms with Crippen molar-refractivity contribution in [3.8, 4) is 34.5 Å². The molecule has 9 heterocycles. The van der Waals surface area contributed by atoms with Crippen molar-refractivity contribution in [1.29, 1.82) is 0 Å². The number of aliphatic carboxylic acids is 1. The molecule has 4 N–H and O–H groups in total. The van der Waals surface area contributed by atoms with E-state index in [1.165, 1.54) is 122 Å². The van der Waals surface area contributed by atoms with Gasteiger partial charge in [-0.1, -0.05) is 70.4 Å². The quantitative estimate of drug-likeness (QED) is 0.0502. The summed E-state index contributed by atoms with van der Waals surface area (Å²) in [4.78, 5) is 107. The minimum atomic E-state index is -0.994. The number of benzene rings is 9. The monoisotopic (exact) mass is 1610 g/mol. The number of thiazole rings is 3. The minimum absolute atomic E-state index is 0.00912. The summed E-state index contributed by atoms with van der Waals surface area (Å²) in [6.07, 6.45) is 2.03. The van der Waals surface area contributed by atoms with Crippen LogP contribution in [-0.4, -0.2) is 116 Å². The summed E-state index contributed by atoms with van der Waals surface area (Å²) in [5.41, 5.74) is 6.97. The van der Waals surface area contributed by atoms with E-state index in [1.54, 1.807) is 131 Å². The molecular formula is C86H67F3N6O17S3. The zero-order chi connectivity index (χ0) is 81.1. The highest BCUT2D eigenvalue weighted by Gasteiger charge is 2.51. The highest BCUT2D eigenvalue weighted by Crippen LogP contribution is 2.50. The van der Waals surface area contributed by atoms with E-state index in [0.717, 1.165) is 55.0 Å². The van der Waals surface area contributed by atoms with Crippen molar-refractivity contribution in [1.82, 2.24) is 15.0 Å². The number of hydrogen-bond acceptors (Lipinski definition) is 22. The molecule has 23 nitrogen and oxygen atoms in total. The zero-order valence-corrected chi connectivity index (χ0v) is 64.5. The average Bonchev–Trinajstić information content (AvgIpc) is 1.60. The first-order chi connectivity index (χ1) is 55.2. The van der Waals surface area contributed by atoms with Crippen molar-refractivity contribution >= 4 is 138 Å². The molecule has 29 heteroatoms. The lowest BCUT2D eigenvalue weighted by Crippen LogP contribution is -2.29. The van der Waals surface area contributed by atoms with Crippen LogP contribution in [-0.2, 0) is 52.8 Å². The van der Waals surface area contributed by atoms with Crippen LogP contribution in [0.4, 0.5) is 28.6 Å². The van der Waals surface area contributed by atoms with Gasteiger partial charge in [0.25, 0.3) is 23.3 Å². The van der Waals surface area contributed by atoms with E-state index in [9.17, 15) is 57.3 Å². The Labute approximate surface area is 665 Å². The fraction of sp³-hybridized carbons (Fsp3) is 0.186. The van der Waals surface area contributed by atoms with E-state index >= 15 is 0 Å². The molecule has 3 fully saturated rings. The van der Waals surface area contributed by atoms with Crippen LogP contribution in [0.1, 0.15) is 95.9 Å². The van der Waals surface area contributed by atoms with Crippen LogP contribution in [0, 0.1) is 17.5 Å². The second-order valence-corrected chi connectivity index (χ2v) is 30.6. The van der Waals surface area contributed by atoms with Gasteiger partial charge in [-0.05, 0) is 200 Å². The Kier molecular flexibility index (Phi) is 21.0. The summed E-state index contributed by atoms with van der Waals surface area (Å²) in [6, 6.07) is 45.1. The molecule has 0 aliphatic carbocycles. The van der Waals surface area contributed by atoms with Gasteiger partial charge in [-0.15, -0.1) is 0 Å². The SMILES string of the molecule is CC(=O)O.COc1ccc2nc(N3C(=O)C(=O)C(=C(O)c4ccc5c(c4)CC(C)O5)C3c3ccc(F)cc3)sc2c1.COc1ccc2nc(N3C(=O)C(=O)C(=C(O)c4ccc5c(c4)CC(C)O5)C3c3ccc(F)cc3)sc2c1.COc1ccc2nc(N3C(=O)C(=O)C(=C(O)c4ccc5c(c4)CC(C)O5)C3c3ccc(F)cc3)sc2c1. The summed E-state index contributed by atoms with van der Waals surface area (Å²) in [5, 5.41) is 42.5. The number of ether oxygens (including phenoxy) is 6. The van der Waals surface area contributed by atoms with Crippen LogP contribution >= 0.6 is 34.0 Å². The predicted molar refractivity (Wildman–Crippen MR) is 426 cm³/mol. The molecule has 3 amide bonds. The molecule has 9 aromatic carbocycles. The van der Waals surface area contributed by atoms with Crippen molar-refractivity contribution in [2.75, 3.05) is 36.0 Å². The number of carboxylic acid groups (broad SMARTS) is 1. The van der Waals surface area contributed by atoms with Gasteiger partial charge < -0.3 is 48.8 Å². The summed E-state index contributed by atoms with van der Waals surface area (Å²) in [7, 11) is 4.67. The maximum absolute atomic E-state index is 13.8. The second-order valence-electron chi connectivity index (χ2n) is 27.5. The smallest absolute Gasteiger partial charge is 0.301 e. The molecule has 0 saturated carbocycles. The molecule has 12 aromatic rings. The molecule has 6 aliphatic heterocycles. The summed E-state index contributed by atoms with van der Waals surface area (Å²) in [6.45, 7) is 6.94. The number of halogens is 3. The highest BCUT2D eigenvalue weighted by atomic mass is 32.1. The third kappa shape index (κ3) is 14.9. The highest BCUT2D eigenvalue weighted by molar-refractivity contribution is 7.23. The number of hydrogen-bond donors (Lipinski definition) is 4. The van der Waals surface area contributed by atoms with Gasteiger partial charge in [0.1, 0.15) is 87.5 Å². The lowest BCUT2D eigenvalue weighted by atomic mass is 9.94. The summed E-state index contributed by atoms with van der Waals surface area (Å²) < 4.78 is 76.8. The molecule has 6 aliphatic rings. The molecule has 582 valence electrons.